The summed E-state index contributed by atoms with van der Waals surface area (Å²) in [6, 6.07) is 1.18. The fourth-order valence-corrected chi connectivity index (χ4v) is 3.84. The molecular weight excluding hydrogens is 331 g/mol. The molecule has 1 fully saturated rings. The molecule has 1 aromatic carbocycles. The van der Waals surface area contributed by atoms with Crippen LogP contribution in [0.3, 0.4) is 0 Å². The van der Waals surface area contributed by atoms with Crippen molar-refractivity contribution in [3.05, 3.63) is 21.9 Å². The maximum atomic E-state index is 14.4. The Balaban J connectivity index is 2.70. The molecule has 1 aliphatic rings. The fourth-order valence-electron chi connectivity index (χ4n) is 2.91. The van der Waals surface area contributed by atoms with Gasteiger partial charge in [0.05, 0.1) is 24.1 Å². The summed E-state index contributed by atoms with van der Waals surface area (Å²) in [5.41, 5.74) is -1.04. The average Bonchev–Trinajstić information content (AvgIpc) is 2.88. The van der Waals surface area contributed by atoms with Gasteiger partial charge in [-0.05, 0) is 28.8 Å². The first-order valence-electron chi connectivity index (χ1n) is 6.31. The van der Waals surface area contributed by atoms with Crippen LogP contribution in [0.1, 0.15) is 31.2 Å². The summed E-state index contributed by atoms with van der Waals surface area (Å²) in [5, 5.41) is 9.60. The van der Waals surface area contributed by atoms with E-state index in [0.717, 1.165) is 12.8 Å². The molecule has 0 heterocycles. The molecule has 0 atom stereocenters. The van der Waals surface area contributed by atoms with Crippen molar-refractivity contribution in [2.75, 3.05) is 14.2 Å². The lowest BCUT2D eigenvalue weighted by atomic mass is 9.78. The maximum Gasteiger partial charge on any atom is 0.314 e. The van der Waals surface area contributed by atoms with E-state index in [0.29, 0.717) is 23.1 Å². The van der Waals surface area contributed by atoms with Gasteiger partial charge in [0, 0.05) is 11.6 Å². The third-order valence-electron chi connectivity index (χ3n) is 3.91. The second-order valence-corrected chi connectivity index (χ2v) is 5.67. The van der Waals surface area contributed by atoms with Crippen LogP contribution < -0.4 is 9.47 Å². The summed E-state index contributed by atoms with van der Waals surface area (Å²) in [4.78, 5) is 11.7. The summed E-state index contributed by atoms with van der Waals surface area (Å²) in [6.45, 7) is 0. The lowest BCUT2D eigenvalue weighted by molar-refractivity contribution is -0.143. The predicted octanol–water partition coefficient (Wildman–Crippen LogP) is 3.50. The van der Waals surface area contributed by atoms with Crippen molar-refractivity contribution in [2.24, 2.45) is 0 Å². The quantitative estimate of drug-likeness (QED) is 0.906. The third-order valence-corrected chi connectivity index (χ3v) is 4.66. The Labute approximate surface area is 125 Å². The zero-order valence-corrected chi connectivity index (χ0v) is 12.9. The molecule has 0 saturated heterocycles. The van der Waals surface area contributed by atoms with Gasteiger partial charge < -0.3 is 14.6 Å². The van der Waals surface area contributed by atoms with Gasteiger partial charge in [-0.1, -0.05) is 12.8 Å². The molecule has 0 radical (unpaired) electrons. The van der Waals surface area contributed by atoms with Crippen LogP contribution in [-0.2, 0) is 10.2 Å². The van der Waals surface area contributed by atoms with Crippen molar-refractivity contribution < 1.29 is 23.8 Å². The summed E-state index contributed by atoms with van der Waals surface area (Å²) in [5.74, 6) is -1.03. The van der Waals surface area contributed by atoms with Crippen molar-refractivity contribution >= 4 is 21.9 Å². The van der Waals surface area contributed by atoms with Gasteiger partial charge in [0.1, 0.15) is 5.82 Å². The van der Waals surface area contributed by atoms with Crippen LogP contribution in [0.25, 0.3) is 0 Å². The second kappa shape index (κ2) is 5.60. The highest BCUT2D eigenvalue weighted by Crippen LogP contribution is 2.50. The molecule has 6 heteroatoms. The summed E-state index contributed by atoms with van der Waals surface area (Å²) < 4.78 is 25.0. The van der Waals surface area contributed by atoms with E-state index in [1.807, 2.05) is 0 Å². The second-order valence-electron chi connectivity index (χ2n) is 4.88. The SMILES string of the molecule is COc1cc(F)c(C2(C(=O)O)CCCC2)c(Br)c1OC. The number of methoxy groups -OCH3 is 2. The standard InChI is InChI=1S/C14H16BrFO4/c1-19-9-7-8(16)10(11(15)12(9)20-2)14(13(17)18)5-3-4-6-14/h7H,3-6H2,1-2H3,(H,17,18). The topological polar surface area (TPSA) is 55.8 Å². The largest absolute Gasteiger partial charge is 0.493 e. The first-order valence-corrected chi connectivity index (χ1v) is 7.11. The lowest BCUT2D eigenvalue weighted by Crippen LogP contribution is -2.34. The number of ether oxygens (including phenoxy) is 2. The molecule has 0 unspecified atom stereocenters. The Morgan fingerprint density at radius 3 is 2.40 bits per heavy atom. The van der Waals surface area contributed by atoms with Gasteiger partial charge in [0.25, 0.3) is 0 Å². The molecule has 0 amide bonds. The molecule has 1 saturated carbocycles. The van der Waals surface area contributed by atoms with Crippen LogP contribution in [-0.4, -0.2) is 25.3 Å². The molecule has 0 aromatic heterocycles. The number of carboxylic acids is 1. The van der Waals surface area contributed by atoms with E-state index in [2.05, 4.69) is 15.9 Å². The van der Waals surface area contributed by atoms with Crippen molar-refractivity contribution in [1.29, 1.82) is 0 Å². The number of carbonyl (C=O) groups is 1. The van der Waals surface area contributed by atoms with Gasteiger partial charge in [-0.3, -0.25) is 4.79 Å². The fraction of sp³-hybridized carbons (Fsp3) is 0.500. The molecule has 1 aliphatic carbocycles. The van der Waals surface area contributed by atoms with Crippen molar-refractivity contribution in [3.8, 4) is 11.5 Å². The Kier molecular flexibility index (Phi) is 4.22. The van der Waals surface area contributed by atoms with E-state index in [1.54, 1.807) is 0 Å². The summed E-state index contributed by atoms with van der Waals surface area (Å²) in [7, 11) is 2.85. The Morgan fingerprint density at radius 2 is 1.95 bits per heavy atom. The minimum Gasteiger partial charge on any atom is -0.493 e. The van der Waals surface area contributed by atoms with Crippen LogP contribution in [0.15, 0.2) is 10.5 Å². The normalized spacial score (nSPS) is 17.0. The van der Waals surface area contributed by atoms with Crippen LogP contribution in [0.5, 0.6) is 11.5 Å². The zero-order chi connectivity index (χ0) is 14.9. The molecular formula is C14H16BrFO4. The van der Waals surface area contributed by atoms with Crippen LogP contribution >= 0.6 is 15.9 Å². The summed E-state index contributed by atoms with van der Waals surface area (Å²) in [6.07, 6.45) is 2.39. The number of aliphatic carboxylic acids is 1. The molecule has 1 N–H and O–H groups in total. The third kappa shape index (κ3) is 2.16. The van der Waals surface area contributed by atoms with Gasteiger partial charge in [0.15, 0.2) is 11.5 Å². The molecule has 110 valence electrons. The first-order chi connectivity index (χ1) is 9.47. The molecule has 0 spiro atoms. The maximum absolute atomic E-state index is 14.4. The van der Waals surface area contributed by atoms with Crippen LogP contribution in [0, 0.1) is 5.82 Å². The lowest BCUT2D eigenvalue weighted by Gasteiger charge is -2.27. The number of benzene rings is 1. The van der Waals surface area contributed by atoms with Gasteiger partial charge >= 0.3 is 5.97 Å². The van der Waals surface area contributed by atoms with Crippen LogP contribution in [0.4, 0.5) is 4.39 Å². The van der Waals surface area contributed by atoms with Crippen LogP contribution in [0.2, 0.25) is 0 Å². The van der Waals surface area contributed by atoms with Crippen molar-refractivity contribution in [2.45, 2.75) is 31.1 Å². The van der Waals surface area contributed by atoms with E-state index in [9.17, 15) is 14.3 Å². The van der Waals surface area contributed by atoms with Gasteiger partial charge in [-0.15, -0.1) is 0 Å². The number of hydrogen-bond donors (Lipinski definition) is 1. The number of rotatable bonds is 4. The van der Waals surface area contributed by atoms with Crippen molar-refractivity contribution in [1.82, 2.24) is 0 Å². The minimum absolute atomic E-state index is 0.153. The molecule has 20 heavy (non-hydrogen) atoms. The highest BCUT2D eigenvalue weighted by atomic mass is 79.9. The molecule has 1 aromatic rings. The van der Waals surface area contributed by atoms with E-state index >= 15 is 0 Å². The average molecular weight is 347 g/mol. The molecule has 4 nitrogen and oxygen atoms in total. The zero-order valence-electron chi connectivity index (χ0n) is 11.3. The predicted molar refractivity (Wildman–Crippen MR) is 75.0 cm³/mol. The molecule has 2 rings (SSSR count). The first kappa shape index (κ1) is 15.1. The highest BCUT2D eigenvalue weighted by molar-refractivity contribution is 9.10. The summed E-state index contributed by atoms with van der Waals surface area (Å²) >= 11 is 3.29. The smallest absolute Gasteiger partial charge is 0.314 e. The Hall–Kier alpha value is -1.30. The number of halogens is 2. The van der Waals surface area contributed by atoms with E-state index in [4.69, 9.17) is 9.47 Å². The Bertz CT molecular complexity index is 538. The van der Waals surface area contributed by atoms with Gasteiger partial charge in [0.2, 0.25) is 0 Å². The number of hydrogen-bond acceptors (Lipinski definition) is 3. The van der Waals surface area contributed by atoms with E-state index in [1.165, 1.54) is 20.3 Å². The van der Waals surface area contributed by atoms with Gasteiger partial charge in [-0.25, -0.2) is 4.39 Å². The highest BCUT2D eigenvalue weighted by Gasteiger charge is 2.47. The molecule has 0 bridgehead atoms. The van der Waals surface area contributed by atoms with E-state index < -0.39 is 17.2 Å². The van der Waals surface area contributed by atoms with Gasteiger partial charge in [-0.2, -0.15) is 0 Å². The van der Waals surface area contributed by atoms with Crippen molar-refractivity contribution in [3.63, 3.8) is 0 Å². The Morgan fingerprint density at radius 1 is 1.35 bits per heavy atom. The number of carboxylic acid groups (broad SMARTS) is 1. The van der Waals surface area contributed by atoms with E-state index in [-0.39, 0.29) is 11.3 Å². The molecule has 0 aliphatic heterocycles. The minimum atomic E-state index is -1.19. The monoisotopic (exact) mass is 346 g/mol.